The van der Waals surface area contributed by atoms with Crippen LogP contribution in [0.3, 0.4) is 0 Å². The highest BCUT2D eigenvalue weighted by atomic mass is 16.6. The number of aryl methyl sites for hydroxylation is 1. The predicted octanol–water partition coefficient (Wildman–Crippen LogP) is 5.19. The van der Waals surface area contributed by atoms with Gasteiger partial charge in [-0.05, 0) is 6.07 Å². The zero-order chi connectivity index (χ0) is 20.3. The van der Waals surface area contributed by atoms with E-state index in [4.69, 9.17) is 4.74 Å². The van der Waals surface area contributed by atoms with Crippen LogP contribution in [0.15, 0.2) is 91.1 Å². The first kappa shape index (κ1) is 17.0. The molecule has 0 saturated carbocycles. The van der Waals surface area contributed by atoms with Gasteiger partial charge in [0.25, 0.3) is 0 Å². The number of nitrogens with zero attached hydrogens (tertiary/aromatic N) is 2. The number of hydrogen-bond donors (Lipinski definition) is 0. The summed E-state index contributed by atoms with van der Waals surface area (Å²) in [4.78, 5) is 17.7. The summed E-state index contributed by atoms with van der Waals surface area (Å²) < 4.78 is 8.37. The SMILES string of the molecule is Cn1c2ccccc2c2c3c(ncc21)C(=O)OC3(c1ccccc1)c1ccccc1. The zero-order valence-corrected chi connectivity index (χ0v) is 16.4. The zero-order valence-electron chi connectivity index (χ0n) is 16.4. The van der Waals surface area contributed by atoms with Gasteiger partial charge in [-0.3, -0.25) is 0 Å². The molecule has 1 aliphatic heterocycles. The Morgan fingerprint density at radius 3 is 2.07 bits per heavy atom. The Bertz CT molecular complexity index is 1400. The van der Waals surface area contributed by atoms with Crippen molar-refractivity contribution >= 4 is 27.8 Å². The molecular formula is C26H18N2O2. The average Bonchev–Trinajstić information content (AvgIpc) is 3.28. The fourth-order valence-electron chi connectivity index (χ4n) is 4.79. The Hall–Kier alpha value is -3.92. The smallest absolute Gasteiger partial charge is 0.359 e. The molecule has 5 aromatic rings. The van der Waals surface area contributed by atoms with Crippen molar-refractivity contribution in [2.24, 2.45) is 7.05 Å². The van der Waals surface area contributed by atoms with Gasteiger partial charge < -0.3 is 9.30 Å². The molecular weight excluding hydrogens is 372 g/mol. The van der Waals surface area contributed by atoms with Gasteiger partial charge in [-0.15, -0.1) is 0 Å². The Morgan fingerprint density at radius 1 is 0.800 bits per heavy atom. The van der Waals surface area contributed by atoms with Crippen molar-refractivity contribution in [1.29, 1.82) is 0 Å². The summed E-state index contributed by atoms with van der Waals surface area (Å²) in [6, 6.07) is 28.1. The number of para-hydroxylation sites is 1. The number of ether oxygens (including phenoxy) is 1. The number of carbonyl (C=O) groups is 1. The van der Waals surface area contributed by atoms with Crippen LogP contribution >= 0.6 is 0 Å². The number of hydrogen-bond acceptors (Lipinski definition) is 3. The highest BCUT2D eigenvalue weighted by molar-refractivity contribution is 6.14. The van der Waals surface area contributed by atoms with Gasteiger partial charge >= 0.3 is 5.97 Å². The average molecular weight is 390 g/mol. The third-order valence-electron chi connectivity index (χ3n) is 6.11. The largest absolute Gasteiger partial charge is 0.439 e. The highest BCUT2D eigenvalue weighted by Crippen LogP contribution is 2.50. The van der Waals surface area contributed by atoms with Crippen LogP contribution in [0.4, 0.5) is 0 Å². The lowest BCUT2D eigenvalue weighted by Gasteiger charge is -2.30. The number of pyridine rings is 1. The van der Waals surface area contributed by atoms with E-state index in [1.54, 1.807) is 6.20 Å². The molecule has 0 atom stereocenters. The van der Waals surface area contributed by atoms with Crippen LogP contribution in [0.1, 0.15) is 27.2 Å². The van der Waals surface area contributed by atoms with E-state index in [2.05, 4.69) is 21.7 Å². The Labute approximate surface area is 173 Å². The van der Waals surface area contributed by atoms with Gasteiger partial charge in [-0.1, -0.05) is 78.9 Å². The first-order valence-corrected chi connectivity index (χ1v) is 9.93. The van der Waals surface area contributed by atoms with Gasteiger partial charge in [-0.25, -0.2) is 9.78 Å². The third kappa shape index (κ3) is 2.05. The molecule has 0 bridgehead atoms. The molecule has 1 aliphatic rings. The number of carbonyl (C=O) groups excluding carboxylic acids is 1. The summed E-state index contributed by atoms with van der Waals surface area (Å²) >= 11 is 0. The second-order valence-electron chi connectivity index (χ2n) is 7.62. The number of aromatic nitrogens is 2. The predicted molar refractivity (Wildman–Crippen MR) is 116 cm³/mol. The number of esters is 1. The fraction of sp³-hybridized carbons (Fsp3) is 0.0769. The minimum Gasteiger partial charge on any atom is -0.439 e. The lowest BCUT2D eigenvalue weighted by atomic mass is 9.79. The molecule has 2 aromatic heterocycles. The Morgan fingerprint density at radius 2 is 1.40 bits per heavy atom. The molecule has 0 unspecified atom stereocenters. The van der Waals surface area contributed by atoms with E-state index >= 15 is 0 Å². The minimum atomic E-state index is -1.05. The van der Waals surface area contributed by atoms with Crippen molar-refractivity contribution in [3.05, 3.63) is 114 Å². The van der Waals surface area contributed by atoms with Gasteiger partial charge in [0.05, 0.1) is 11.7 Å². The second-order valence-corrected chi connectivity index (χ2v) is 7.62. The van der Waals surface area contributed by atoms with Crippen molar-refractivity contribution in [2.75, 3.05) is 0 Å². The molecule has 30 heavy (non-hydrogen) atoms. The van der Waals surface area contributed by atoms with Crippen molar-refractivity contribution in [2.45, 2.75) is 5.60 Å². The molecule has 4 nitrogen and oxygen atoms in total. The summed E-state index contributed by atoms with van der Waals surface area (Å²) in [7, 11) is 2.03. The second kappa shape index (κ2) is 6.04. The molecule has 0 spiro atoms. The first-order chi connectivity index (χ1) is 14.7. The normalized spacial score (nSPS) is 14.8. The van der Waals surface area contributed by atoms with Crippen LogP contribution < -0.4 is 0 Å². The molecule has 3 aromatic carbocycles. The number of fused-ring (bicyclic) bond motifs is 5. The first-order valence-electron chi connectivity index (χ1n) is 9.93. The topological polar surface area (TPSA) is 44.1 Å². The van der Waals surface area contributed by atoms with E-state index < -0.39 is 11.6 Å². The van der Waals surface area contributed by atoms with Crippen LogP contribution in [0, 0.1) is 0 Å². The maximum absolute atomic E-state index is 13.1. The molecule has 6 rings (SSSR count). The van der Waals surface area contributed by atoms with E-state index in [0.717, 1.165) is 38.5 Å². The van der Waals surface area contributed by atoms with E-state index in [-0.39, 0.29) is 0 Å². The number of cyclic esters (lactones) is 1. The summed E-state index contributed by atoms with van der Waals surface area (Å²) in [5, 5.41) is 2.10. The van der Waals surface area contributed by atoms with Gasteiger partial charge in [0.1, 0.15) is 0 Å². The van der Waals surface area contributed by atoms with Crippen LogP contribution in [-0.2, 0) is 17.4 Å². The third-order valence-corrected chi connectivity index (χ3v) is 6.11. The molecule has 0 saturated heterocycles. The van der Waals surface area contributed by atoms with Crippen LogP contribution in [0.5, 0.6) is 0 Å². The van der Waals surface area contributed by atoms with E-state index in [0.29, 0.717) is 5.69 Å². The Balaban J connectivity index is 1.85. The van der Waals surface area contributed by atoms with Gasteiger partial charge in [0, 0.05) is 40.0 Å². The Kier molecular flexibility index (Phi) is 3.42. The highest BCUT2D eigenvalue weighted by Gasteiger charge is 2.51. The standard InChI is InChI=1S/C26H18N2O2/c1-28-20-15-9-8-14-19(20)22-21(28)16-27-24-23(22)26(30-25(24)29,17-10-4-2-5-11-17)18-12-6-3-7-13-18/h2-16H,1H3. The number of benzene rings is 3. The van der Waals surface area contributed by atoms with Gasteiger partial charge in [-0.2, -0.15) is 0 Å². The van der Waals surface area contributed by atoms with E-state index in [1.807, 2.05) is 79.8 Å². The monoisotopic (exact) mass is 390 g/mol. The molecule has 144 valence electrons. The lowest BCUT2D eigenvalue weighted by Crippen LogP contribution is -2.29. The quantitative estimate of drug-likeness (QED) is 0.390. The summed E-state index contributed by atoms with van der Waals surface area (Å²) in [6.07, 6.45) is 1.78. The maximum Gasteiger partial charge on any atom is 0.359 e. The van der Waals surface area contributed by atoms with Crippen molar-refractivity contribution in [1.82, 2.24) is 9.55 Å². The van der Waals surface area contributed by atoms with E-state index in [1.165, 1.54) is 0 Å². The van der Waals surface area contributed by atoms with Crippen molar-refractivity contribution < 1.29 is 9.53 Å². The summed E-state index contributed by atoms with van der Waals surface area (Å²) in [5.74, 6) is -0.396. The van der Waals surface area contributed by atoms with Crippen LogP contribution in [0.2, 0.25) is 0 Å². The molecule has 0 N–H and O–H groups in total. The number of rotatable bonds is 2. The molecule has 3 heterocycles. The van der Waals surface area contributed by atoms with Gasteiger partial charge in [0.2, 0.25) is 0 Å². The fourth-order valence-corrected chi connectivity index (χ4v) is 4.79. The maximum atomic E-state index is 13.1. The molecule has 0 aliphatic carbocycles. The van der Waals surface area contributed by atoms with Crippen LogP contribution in [0.25, 0.3) is 21.8 Å². The van der Waals surface area contributed by atoms with Crippen molar-refractivity contribution in [3.63, 3.8) is 0 Å². The minimum absolute atomic E-state index is 0.381. The van der Waals surface area contributed by atoms with Crippen molar-refractivity contribution in [3.8, 4) is 0 Å². The lowest BCUT2D eigenvalue weighted by molar-refractivity contribution is 0.0251. The summed E-state index contributed by atoms with van der Waals surface area (Å²) in [6.45, 7) is 0. The van der Waals surface area contributed by atoms with E-state index in [9.17, 15) is 4.79 Å². The van der Waals surface area contributed by atoms with Gasteiger partial charge in [0.15, 0.2) is 11.3 Å². The summed E-state index contributed by atoms with van der Waals surface area (Å²) in [5.41, 5.74) is 4.04. The molecule has 4 heteroatoms. The van der Waals surface area contributed by atoms with Crippen LogP contribution in [-0.4, -0.2) is 15.5 Å². The molecule has 0 radical (unpaired) electrons. The molecule has 0 fully saturated rings. The molecule has 0 amide bonds.